The van der Waals surface area contributed by atoms with Gasteiger partial charge in [0.2, 0.25) is 5.91 Å². The summed E-state index contributed by atoms with van der Waals surface area (Å²) in [6, 6.07) is -0.943. The number of aliphatic carboxylic acids is 1. The maximum absolute atomic E-state index is 11.7. The Bertz CT molecular complexity index is 405. The van der Waals surface area contributed by atoms with Crippen LogP contribution in [-0.4, -0.2) is 39.5 Å². The third kappa shape index (κ3) is 5.52. The van der Waals surface area contributed by atoms with Crippen molar-refractivity contribution in [3.05, 3.63) is 18.2 Å². The molecule has 7 heteroatoms. The molecule has 1 heterocycles. The number of rotatable bonds is 8. The number of carbonyl (C=O) groups is 2. The molecule has 5 N–H and O–H groups in total. The molecule has 19 heavy (non-hydrogen) atoms. The molecule has 0 saturated heterocycles. The van der Waals surface area contributed by atoms with E-state index < -0.39 is 12.0 Å². The molecule has 0 spiro atoms. The van der Waals surface area contributed by atoms with Crippen LogP contribution in [0.25, 0.3) is 0 Å². The number of aromatic nitrogens is 2. The van der Waals surface area contributed by atoms with E-state index in [1.807, 2.05) is 6.92 Å². The topological polar surface area (TPSA) is 121 Å². The van der Waals surface area contributed by atoms with Gasteiger partial charge in [-0.05, 0) is 18.9 Å². The number of imidazole rings is 1. The molecule has 0 aliphatic heterocycles. The second kappa shape index (κ2) is 7.52. The van der Waals surface area contributed by atoms with Crippen LogP contribution in [0.4, 0.5) is 0 Å². The second-order valence-corrected chi connectivity index (χ2v) is 4.62. The fourth-order valence-corrected chi connectivity index (χ4v) is 1.58. The van der Waals surface area contributed by atoms with Gasteiger partial charge in [0.15, 0.2) is 0 Å². The van der Waals surface area contributed by atoms with E-state index in [4.69, 9.17) is 10.8 Å². The summed E-state index contributed by atoms with van der Waals surface area (Å²) in [5, 5.41) is 11.6. The average Bonchev–Trinajstić information content (AvgIpc) is 2.87. The van der Waals surface area contributed by atoms with E-state index in [-0.39, 0.29) is 24.7 Å². The number of carboxylic acid groups (broad SMARTS) is 1. The minimum Gasteiger partial charge on any atom is -0.480 e. The monoisotopic (exact) mass is 268 g/mol. The Kier molecular flexibility index (Phi) is 6.01. The molecule has 1 aromatic rings. The van der Waals surface area contributed by atoms with Crippen molar-refractivity contribution >= 4 is 11.9 Å². The van der Waals surface area contributed by atoms with E-state index in [0.29, 0.717) is 18.7 Å². The van der Waals surface area contributed by atoms with Crippen LogP contribution in [-0.2, 0) is 16.0 Å². The normalized spacial score (nSPS) is 13.8. The molecular weight excluding hydrogens is 248 g/mol. The molecule has 1 rings (SSSR count). The minimum atomic E-state index is -1.06. The van der Waals surface area contributed by atoms with Crippen molar-refractivity contribution in [3.63, 3.8) is 0 Å². The molecule has 0 fully saturated rings. The van der Waals surface area contributed by atoms with Crippen molar-refractivity contribution in [3.8, 4) is 0 Å². The third-order valence-corrected chi connectivity index (χ3v) is 2.88. The van der Waals surface area contributed by atoms with Crippen LogP contribution in [0, 0.1) is 5.92 Å². The number of hydrogen-bond donors (Lipinski definition) is 4. The van der Waals surface area contributed by atoms with Crippen molar-refractivity contribution < 1.29 is 14.7 Å². The lowest BCUT2D eigenvalue weighted by Crippen LogP contribution is -2.42. The molecule has 2 unspecified atom stereocenters. The summed E-state index contributed by atoms with van der Waals surface area (Å²) in [5.74, 6) is -1.08. The molecule has 0 aliphatic carbocycles. The zero-order chi connectivity index (χ0) is 14.3. The van der Waals surface area contributed by atoms with Crippen LogP contribution in [0.15, 0.2) is 12.5 Å². The van der Waals surface area contributed by atoms with Gasteiger partial charge in [0.05, 0.1) is 6.33 Å². The van der Waals surface area contributed by atoms with E-state index in [1.165, 1.54) is 6.33 Å². The van der Waals surface area contributed by atoms with E-state index in [0.717, 1.165) is 0 Å². The first-order valence-corrected chi connectivity index (χ1v) is 6.22. The highest BCUT2D eigenvalue weighted by atomic mass is 16.4. The van der Waals surface area contributed by atoms with Crippen LogP contribution in [0.5, 0.6) is 0 Å². The van der Waals surface area contributed by atoms with E-state index >= 15 is 0 Å². The first-order chi connectivity index (χ1) is 9.02. The summed E-state index contributed by atoms with van der Waals surface area (Å²) in [7, 11) is 0. The number of H-pyrrole nitrogens is 1. The maximum atomic E-state index is 11.7. The number of aromatic amines is 1. The standard InChI is InChI=1S/C12H20N4O3/c1-8(5-13)2-3-11(17)16-10(12(18)19)4-9-6-14-7-15-9/h6-8,10H,2-5,13H2,1H3,(H,14,15)(H,16,17)(H,18,19). The summed E-state index contributed by atoms with van der Waals surface area (Å²) in [4.78, 5) is 29.4. The number of carbonyl (C=O) groups excluding carboxylic acids is 1. The van der Waals surface area contributed by atoms with Gasteiger partial charge in [0.1, 0.15) is 6.04 Å². The average molecular weight is 268 g/mol. The van der Waals surface area contributed by atoms with Crippen LogP contribution >= 0.6 is 0 Å². The minimum absolute atomic E-state index is 0.188. The summed E-state index contributed by atoms with van der Waals surface area (Å²) >= 11 is 0. The predicted molar refractivity (Wildman–Crippen MR) is 69.3 cm³/mol. The van der Waals surface area contributed by atoms with Gasteiger partial charge in [-0.2, -0.15) is 0 Å². The number of nitrogens with one attached hydrogen (secondary N) is 2. The predicted octanol–water partition coefficient (Wildman–Crippen LogP) is -0.103. The largest absolute Gasteiger partial charge is 0.480 e. The third-order valence-electron chi connectivity index (χ3n) is 2.88. The van der Waals surface area contributed by atoms with Crippen molar-refractivity contribution in [1.29, 1.82) is 0 Å². The van der Waals surface area contributed by atoms with Gasteiger partial charge in [0, 0.05) is 24.7 Å². The van der Waals surface area contributed by atoms with Gasteiger partial charge in [0.25, 0.3) is 0 Å². The molecule has 0 saturated carbocycles. The van der Waals surface area contributed by atoms with Gasteiger partial charge in [-0.15, -0.1) is 0 Å². The Hall–Kier alpha value is -1.89. The van der Waals surface area contributed by atoms with Gasteiger partial charge in [-0.1, -0.05) is 6.92 Å². The maximum Gasteiger partial charge on any atom is 0.326 e. The number of hydrogen-bond acceptors (Lipinski definition) is 4. The van der Waals surface area contributed by atoms with Crippen LogP contribution in [0.1, 0.15) is 25.5 Å². The quantitative estimate of drug-likeness (QED) is 0.524. The first kappa shape index (κ1) is 15.2. The second-order valence-electron chi connectivity index (χ2n) is 4.62. The SMILES string of the molecule is CC(CN)CCC(=O)NC(Cc1cnc[nH]1)C(=O)O. The van der Waals surface area contributed by atoms with Crippen molar-refractivity contribution in [1.82, 2.24) is 15.3 Å². The van der Waals surface area contributed by atoms with Crippen molar-refractivity contribution in [2.75, 3.05) is 6.54 Å². The number of amides is 1. The van der Waals surface area contributed by atoms with E-state index in [9.17, 15) is 9.59 Å². The molecule has 0 bridgehead atoms. The lowest BCUT2D eigenvalue weighted by Gasteiger charge is -2.14. The van der Waals surface area contributed by atoms with Gasteiger partial charge < -0.3 is 21.1 Å². The zero-order valence-electron chi connectivity index (χ0n) is 10.9. The zero-order valence-corrected chi connectivity index (χ0v) is 10.9. The molecule has 106 valence electrons. The Labute approximate surface area is 111 Å². The molecule has 0 aromatic carbocycles. The van der Waals surface area contributed by atoms with Crippen LogP contribution < -0.4 is 11.1 Å². The lowest BCUT2D eigenvalue weighted by atomic mass is 10.1. The summed E-state index contributed by atoms with van der Waals surface area (Å²) in [6.07, 6.45) is 4.13. The van der Waals surface area contributed by atoms with Crippen LogP contribution in [0.3, 0.4) is 0 Å². The highest BCUT2D eigenvalue weighted by Gasteiger charge is 2.21. The molecule has 0 aliphatic rings. The Morgan fingerprint density at radius 1 is 1.58 bits per heavy atom. The van der Waals surface area contributed by atoms with Gasteiger partial charge in [-0.3, -0.25) is 4.79 Å². The van der Waals surface area contributed by atoms with Gasteiger partial charge >= 0.3 is 5.97 Å². The molecule has 1 amide bonds. The van der Waals surface area contributed by atoms with E-state index in [1.54, 1.807) is 6.20 Å². The van der Waals surface area contributed by atoms with E-state index in [2.05, 4.69) is 15.3 Å². The number of nitrogens with zero attached hydrogens (tertiary/aromatic N) is 1. The Morgan fingerprint density at radius 3 is 2.84 bits per heavy atom. The highest BCUT2D eigenvalue weighted by Crippen LogP contribution is 2.04. The van der Waals surface area contributed by atoms with Gasteiger partial charge in [-0.25, -0.2) is 9.78 Å². The Morgan fingerprint density at radius 2 is 2.32 bits per heavy atom. The molecule has 2 atom stereocenters. The van der Waals surface area contributed by atoms with Crippen LogP contribution in [0.2, 0.25) is 0 Å². The first-order valence-electron chi connectivity index (χ1n) is 6.22. The van der Waals surface area contributed by atoms with Crippen molar-refractivity contribution in [2.45, 2.75) is 32.2 Å². The number of nitrogens with two attached hydrogens (primary N) is 1. The fraction of sp³-hybridized carbons (Fsp3) is 0.583. The molecule has 0 radical (unpaired) electrons. The fourth-order valence-electron chi connectivity index (χ4n) is 1.58. The number of carboxylic acids is 1. The summed E-state index contributed by atoms with van der Waals surface area (Å²) < 4.78 is 0. The molecule has 7 nitrogen and oxygen atoms in total. The molecular formula is C12H20N4O3. The smallest absolute Gasteiger partial charge is 0.326 e. The highest BCUT2D eigenvalue weighted by molar-refractivity contribution is 5.83. The summed E-state index contributed by atoms with van der Waals surface area (Å²) in [5.41, 5.74) is 6.13. The van der Waals surface area contributed by atoms with Crippen molar-refractivity contribution in [2.24, 2.45) is 11.7 Å². The molecule has 1 aromatic heterocycles. The summed E-state index contributed by atoms with van der Waals surface area (Å²) in [6.45, 7) is 2.47. The lowest BCUT2D eigenvalue weighted by molar-refractivity contribution is -0.141. The Balaban J connectivity index is 2.45.